The topological polar surface area (TPSA) is 68.2 Å². The Bertz CT molecular complexity index is 143. The molecule has 0 amide bonds. The van der Waals surface area contributed by atoms with Gasteiger partial charge in [-0.1, -0.05) is 0 Å². The van der Waals surface area contributed by atoms with Gasteiger partial charge in [-0.3, -0.25) is 0 Å². The first-order valence-electron chi connectivity index (χ1n) is 4.50. The van der Waals surface area contributed by atoms with Crippen molar-refractivity contribution in [2.24, 2.45) is 0 Å². The predicted octanol–water partition coefficient (Wildman–Crippen LogP) is 0.101. The number of aliphatic hydroxyl groups is 2. The van der Waals surface area contributed by atoms with E-state index < -0.39 is 11.9 Å². The number of methoxy groups -OCH3 is 2. The van der Waals surface area contributed by atoms with Gasteiger partial charge in [-0.15, -0.1) is 0 Å². The van der Waals surface area contributed by atoms with Gasteiger partial charge in [0.1, 0.15) is 6.10 Å². The van der Waals surface area contributed by atoms with E-state index in [4.69, 9.17) is 19.7 Å². The van der Waals surface area contributed by atoms with Crippen LogP contribution in [0.25, 0.3) is 0 Å². The van der Waals surface area contributed by atoms with Crippen LogP contribution in [-0.4, -0.2) is 49.2 Å². The monoisotopic (exact) mass is 208 g/mol. The largest absolute Gasteiger partial charge is 0.388 e. The van der Waals surface area contributed by atoms with E-state index in [0.717, 1.165) is 0 Å². The lowest BCUT2D eigenvalue weighted by molar-refractivity contribution is -0.155. The lowest BCUT2D eigenvalue weighted by Crippen LogP contribution is -2.22. The van der Waals surface area contributed by atoms with Crippen molar-refractivity contribution >= 4 is 0 Å². The highest BCUT2D eigenvalue weighted by atomic mass is 16.7. The molecule has 2 atom stereocenters. The zero-order valence-electron chi connectivity index (χ0n) is 9.19. The number of ether oxygens (including phenoxy) is 3. The first kappa shape index (κ1) is 13.8. The Hall–Kier alpha value is -0.200. The van der Waals surface area contributed by atoms with Gasteiger partial charge in [-0.25, -0.2) is 0 Å². The average Bonchev–Trinajstić information content (AvgIpc) is 2.51. The maximum Gasteiger partial charge on any atom is 0.183 e. The van der Waals surface area contributed by atoms with E-state index in [1.54, 1.807) is 13.8 Å². The fourth-order valence-corrected chi connectivity index (χ4v) is 0.777. The van der Waals surface area contributed by atoms with Gasteiger partial charge in [0.05, 0.1) is 6.61 Å². The summed E-state index contributed by atoms with van der Waals surface area (Å²) in [6, 6.07) is 0. The zero-order valence-corrected chi connectivity index (χ0v) is 9.19. The first-order chi connectivity index (χ1) is 6.40. The molecule has 2 unspecified atom stereocenters. The molecule has 0 spiro atoms. The molecular weight excluding hydrogens is 188 g/mol. The molecule has 0 aromatic rings. The molecule has 1 aliphatic heterocycles. The van der Waals surface area contributed by atoms with Crippen molar-refractivity contribution < 1.29 is 24.4 Å². The van der Waals surface area contributed by atoms with Crippen LogP contribution < -0.4 is 0 Å². The molecule has 0 radical (unpaired) electrons. The molecule has 14 heavy (non-hydrogen) atoms. The Balaban J connectivity index is 0.000000255. The van der Waals surface area contributed by atoms with Crippen molar-refractivity contribution in [1.29, 1.82) is 0 Å². The lowest BCUT2D eigenvalue weighted by Gasteiger charge is -2.12. The first-order valence-corrected chi connectivity index (χ1v) is 4.50. The number of hydrogen-bond acceptors (Lipinski definition) is 5. The second-order valence-corrected chi connectivity index (χ2v) is 3.48. The normalized spacial score (nSPS) is 27.0. The van der Waals surface area contributed by atoms with E-state index in [1.807, 2.05) is 0 Å². The van der Waals surface area contributed by atoms with Gasteiger partial charge in [0.2, 0.25) is 0 Å². The summed E-state index contributed by atoms with van der Waals surface area (Å²) in [4.78, 5) is 0. The maximum absolute atomic E-state index is 8.94. The van der Waals surface area contributed by atoms with Crippen LogP contribution >= 0.6 is 0 Å². The van der Waals surface area contributed by atoms with Crippen LogP contribution in [0.1, 0.15) is 20.3 Å². The SMILES string of the molecule is COC(C)(C)O.COC1OCCC1O. The highest BCUT2D eigenvalue weighted by molar-refractivity contribution is 4.65. The Morgan fingerprint density at radius 3 is 2.00 bits per heavy atom. The molecule has 1 fully saturated rings. The minimum absolute atomic E-state index is 0.380. The van der Waals surface area contributed by atoms with Crippen LogP contribution in [-0.2, 0) is 14.2 Å². The zero-order chi connectivity index (χ0) is 11.2. The van der Waals surface area contributed by atoms with E-state index in [-0.39, 0.29) is 6.29 Å². The number of aliphatic hydroxyl groups excluding tert-OH is 1. The van der Waals surface area contributed by atoms with Crippen molar-refractivity contribution in [3.63, 3.8) is 0 Å². The standard InChI is InChI=1S/C5H10O3.C4H10O2/c1-7-5-4(6)2-3-8-5;1-4(2,5)6-3/h4-6H,2-3H2,1H3;5H,1-3H3. The summed E-state index contributed by atoms with van der Waals surface area (Å²) in [5.41, 5.74) is 0. The average molecular weight is 208 g/mol. The van der Waals surface area contributed by atoms with Crippen molar-refractivity contribution in [3.05, 3.63) is 0 Å². The molecule has 0 aromatic carbocycles. The van der Waals surface area contributed by atoms with E-state index in [1.165, 1.54) is 14.2 Å². The Labute approximate surface area is 84.6 Å². The van der Waals surface area contributed by atoms with Crippen molar-refractivity contribution in [1.82, 2.24) is 0 Å². The summed E-state index contributed by atoms with van der Waals surface area (Å²) in [6.45, 7) is 3.76. The minimum atomic E-state index is -0.958. The molecule has 1 heterocycles. The third-order valence-corrected chi connectivity index (χ3v) is 1.74. The fraction of sp³-hybridized carbons (Fsp3) is 1.00. The molecular formula is C9H20O5. The third kappa shape index (κ3) is 6.28. The third-order valence-electron chi connectivity index (χ3n) is 1.74. The number of hydrogen-bond donors (Lipinski definition) is 2. The molecule has 0 saturated carbocycles. The van der Waals surface area contributed by atoms with Gasteiger partial charge in [0, 0.05) is 20.6 Å². The van der Waals surface area contributed by atoms with Gasteiger partial charge in [-0.05, 0) is 13.8 Å². The summed E-state index contributed by atoms with van der Waals surface area (Å²) in [7, 11) is 2.99. The molecule has 0 bridgehead atoms. The molecule has 5 heteroatoms. The predicted molar refractivity (Wildman–Crippen MR) is 50.7 cm³/mol. The highest BCUT2D eigenvalue weighted by Crippen LogP contribution is 2.12. The quantitative estimate of drug-likeness (QED) is 0.630. The molecule has 86 valence electrons. The molecule has 1 saturated heterocycles. The van der Waals surface area contributed by atoms with Gasteiger partial charge in [-0.2, -0.15) is 0 Å². The molecule has 0 aliphatic carbocycles. The van der Waals surface area contributed by atoms with Crippen LogP contribution in [0.2, 0.25) is 0 Å². The Kier molecular flexibility index (Phi) is 6.22. The summed E-state index contributed by atoms with van der Waals surface area (Å²) < 4.78 is 14.2. The van der Waals surface area contributed by atoms with Gasteiger partial charge in [0.15, 0.2) is 12.1 Å². The van der Waals surface area contributed by atoms with E-state index in [0.29, 0.717) is 13.0 Å². The van der Waals surface area contributed by atoms with Crippen LogP contribution in [0, 0.1) is 0 Å². The maximum atomic E-state index is 8.94. The van der Waals surface area contributed by atoms with Crippen molar-refractivity contribution in [2.45, 2.75) is 38.4 Å². The van der Waals surface area contributed by atoms with Crippen LogP contribution in [0.3, 0.4) is 0 Å². The van der Waals surface area contributed by atoms with Gasteiger partial charge >= 0.3 is 0 Å². The molecule has 0 aromatic heterocycles. The molecule has 2 N–H and O–H groups in total. The second kappa shape index (κ2) is 6.31. The summed E-state index contributed by atoms with van der Waals surface area (Å²) in [6.07, 6.45) is -0.103. The summed E-state index contributed by atoms with van der Waals surface area (Å²) in [5, 5.41) is 17.5. The fourth-order valence-electron chi connectivity index (χ4n) is 0.777. The number of rotatable bonds is 2. The van der Waals surface area contributed by atoms with Crippen molar-refractivity contribution in [2.75, 3.05) is 20.8 Å². The molecule has 1 rings (SSSR count). The van der Waals surface area contributed by atoms with Crippen LogP contribution in [0.4, 0.5) is 0 Å². The minimum Gasteiger partial charge on any atom is -0.388 e. The van der Waals surface area contributed by atoms with Gasteiger partial charge < -0.3 is 24.4 Å². The lowest BCUT2D eigenvalue weighted by atomic mass is 10.3. The summed E-state index contributed by atoms with van der Waals surface area (Å²) in [5.74, 6) is -0.958. The second-order valence-electron chi connectivity index (χ2n) is 3.48. The van der Waals surface area contributed by atoms with Crippen LogP contribution in [0.15, 0.2) is 0 Å². The molecule has 1 aliphatic rings. The Morgan fingerprint density at radius 1 is 1.36 bits per heavy atom. The smallest absolute Gasteiger partial charge is 0.183 e. The van der Waals surface area contributed by atoms with E-state index >= 15 is 0 Å². The van der Waals surface area contributed by atoms with Gasteiger partial charge in [0.25, 0.3) is 0 Å². The summed E-state index contributed by atoms with van der Waals surface area (Å²) >= 11 is 0. The van der Waals surface area contributed by atoms with E-state index in [2.05, 4.69) is 4.74 Å². The molecule has 5 nitrogen and oxygen atoms in total. The van der Waals surface area contributed by atoms with Crippen LogP contribution in [0.5, 0.6) is 0 Å². The highest BCUT2D eigenvalue weighted by Gasteiger charge is 2.24. The van der Waals surface area contributed by atoms with E-state index in [9.17, 15) is 0 Å². The van der Waals surface area contributed by atoms with Crippen molar-refractivity contribution in [3.8, 4) is 0 Å². The Morgan fingerprint density at radius 2 is 1.86 bits per heavy atom.